The van der Waals surface area contributed by atoms with Crippen molar-refractivity contribution < 1.29 is 14.6 Å². The van der Waals surface area contributed by atoms with Crippen molar-refractivity contribution in [2.24, 2.45) is 0 Å². The van der Waals surface area contributed by atoms with Gasteiger partial charge in [-0.15, -0.1) is 5.10 Å². The quantitative estimate of drug-likeness (QED) is 0.843. The van der Waals surface area contributed by atoms with E-state index in [4.69, 9.17) is 4.74 Å². The molecule has 132 valence electrons. The summed E-state index contributed by atoms with van der Waals surface area (Å²) in [6, 6.07) is 10.7. The number of nitrogens with one attached hydrogen (secondary N) is 1. The van der Waals surface area contributed by atoms with E-state index < -0.39 is 5.60 Å². The van der Waals surface area contributed by atoms with Gasteiger partial charge in [-0.05, 0) is 25.3 Å². The number of ether oxygens (including phenoxy) is 1. The standard InChI is InChI=1S/C18H21N3O4/c1-18(24)9-13(10-18)19-15(22)11-21-16(23)8-14(17(20-21)25-2)12-6-4-3-5-7-12/h3-8,13,24H,9-11H2,1-2H3,(H,19,22)/t13-,18+. The van der Waals surface area contributed by atoms with Gasteiger partial charge < -0.3 is 15.2 Å². The van der Waals surface area contributed by atoms with Crippen molar-refractivity contribution >= 4 is 5.91 Å². The molecule has 1 aromatic carbocycles. The van der Waals surface area contributed by atoms with Gasteiger partial charge in [0, 0.05) is 12.1 Å². The van der Waals surface area contributed by atoms with E-state index in [-0.39, 0.29) is 29.9 Å². The average molecular weight is 343 g/mol. The summed E-state index contributed by atoms with van der Waals surface area (Å²) in [5.41, 5.74) is 0.306. The van der Waals surface area contributed by atoms with E-state index in [0.717, 1.165) is 10.2 Å². The van der Waals surface area contributed by atoms with E-state index in [1.165, 1.54) is 13.2 Å². The summed E-state index contributed by atoms with van der Waals surface area (Å²) in [6.07, 6.45) is 1.02. The highest BCUT2D eigenvalue weighted by molar-refractivity contribution is 5.76. The third kappa shape index (κ3) is 3.88. The predicted octanol–water partition coefficient (Wildman–Crippen LogP) is 0.948. The normalized spacial score (nSPS) is 22.1. The zero-order chi connectivity index (χ0) is 18.0. The van der Waals surface area contributed by atoms with Crippen LogP contribution in [0, 0.1) is 0 Å². The van der Waals surface area contributed by atoms with E-state index >= 15 is 0 Å². The molecule has 1 saturated carbocycles. The van der Waals surface area contributed by atoms with Crippen LogP contribution in [0.2, 0.25) is 0 Å². The van der Waals surface area contributed by atoms with E-state index in [1.54, 1.807) is 6.92 Å². The molecule has 2 N–H and O–H groups in total. The molecule has 7 heteroatoms. The topological polar surface area (TPSA) is 93.5 Å². The summed E-state index contributed by atoms with van der Waals surface area (Å²) in [7, 11) is 1.47. The number of benzene rings is 1. The minimum Gasteiger partial charge on any atom is -0.480 e. The van der Waals surface area contributed by atoms with Gasteiger partial charge in [-0.3, -0.25) is 9.59 Å². The van der Waals surface area contributed by atoms with Gasteiger partial charge in [-0.2, -0.15) is 0 Å². The lowest BCUT2D eigenvalue weighted by molar-refractivity contribution is -0.125. The second-order valence-electron chi connectivity index (χ2n) is 6.60. The summed E-state index contributed by atoms with van der Waals surface area (Å²) in [4.78, 5) is 24.4. The number of carbonyl (C=O) groups excluding carboxylic acids is 1. The van der Waals surface area contributed by atoms with Gasteiger partial charge in [0.25, 0.3) is 5.56 Å². The van der Waals surface area contributed by atoms with Crippen LogP contribution in [0.4, 0.5) is 0 Å². The van der Waals surface area contributed by atoms with Crippen LogP contribution in [0.1, 0.15) is 19.8 Å². The largest absolute Gasteiger partial charge is 0.480 e. The number of hydrogen-bond acceptors (Lipinski definition) is 5. The molecule has 0 aliphatic heterocycles. The third-order valence-electron chi connectivity index (χ3n) is 4.27. The summed E-state index contributed by atoms with van der Waals surface area (Å²) in [6.45, 7) is 1.54. The van der Waals surface area contributed by atoms with Crippen molar-refractivity contribution in [3.05, 3.63) is 46.8 Å². The van der Waals surface area contributed by atoms with Crippen molar-refractivity contribution in [3.8, 4) is 17.0 Å². The molecule has 1 fully saturated rings. The lowest BCUT2D eigenvalue weighted by Gasteiger charge is -2.41. The smallest absolute Gasteiger partial charge is 0.268 e. The van der Waals surface area contributed by atoms with Gasteiger partial charge in [0.2, 0.25) is 11.8 Å². The minimum atomic E-state index is -0.715. The fourth-order valence-electron chi connectivity index (χ4n) is 3.07. The lowest BCUT2D eigenvalue weighted by Crippen LogP contribution is -2.54. The molecule has 1 aromatic heterocycles. The van der Waals surface area contributed by atoms with Crippen LogP contribution in [0.5, 0.6) is 5.88 Å². The number of methoxy groups -OCH3 is 1. The van der Waals surface area contributed by atoms with E-state index in [1.807, 2.05) is 30.3 Å². The molecule has 7 nitrogen and oxygen atoms in total. The zero-order valence-corrected chi connectivity index (χ0v) is 14.2. The molecule has 25 heavy (non-hydrogen) atoms. The molecule has 0 bridgehead atoms. The highest BCUT2D eigenvalue weighted by Gasteiger charge is 2.39. The Morgan fingerprint density at radius 3 is 2.68 bits per heavy atom. The Hall–Kier alpha value is -2.67. The van der Waals surface area contributed by atoms with Crippen LogP contribution >= 0.6 is 0 Å². The molecule has 0 atom stereocenters. The number of hydrogen-bond donors (Lipinski definition) is 2. The fourth-order valence-corrected chi connectivity index (χ4v) is 3.07. The molecule has 1 aliphatic carbocycles. The van der Waals surface area contributed by atoms with E-state index in [2.05, 4.69) is 10.4 Å². The monoisotopic (exact) mass is 343 g/mol. The Kier molecular flexibility index (Phi) is 4.59. The number of nitrogens with zero attached hydrogens (tertiary/aromatic N) is 2. The van der Waals surface area contributed by atoms with Gasteiger partial charge in [-0.1, -0.05) is 30.3 Å². The van der Waals surface area contributed by atoms with Crippen LogP contribution in [-0.2, 0) is 11.3 Å². The van der Waals surface area contributed by atoms with Gasteiger partial charge in [0.15, 0.2) is 0 Å². The maximum Gasteiger partial charge on any atom is 0.268 e. The van der Waals surface area contributed by atoms with Gasteiger partial charge >= 0.3 is 0 Å². The maximum atomic E-state index is 12.3. The molecule has 0 saturated heterocycles. The first-order chi connectivity index (χ1) is 11.9. The first-order valence-corrected chi connectivity index (χ1v) is 8.11. The second kappa shape index (κ2) is 6.68. The third-order valence-corrected chi connectivity index (χ3v) is 4.27. The molecule has 0 spiro atoms. The number of amides is 1. The molecule has 0 unspecified atom stereocenters. The van der Waals surface area contributed by atoms with Crippen molar-refractivity contribution in [2.45, 2.75) is 38.0 Å². The fraction of sp³-hybridized carbons (Fsp3) is 0.389. The van der Waals surface area contributed by atoms with Crippen LogP contribution in [0.25, 0.3) is 11.1 Å². The van der Waals surface area contributed by atoms with Crippen molar-refractivity contribution in [1.82, 2.24) is 15.1 Å². The predicted molar refractivity (Wildman–Crippen MR) is 92.3 cm³/mol. The molecule has 2 aromatic rings. The Morgan fingerprint density at radius 1 is 1.40 bits per heavy atom. The lowest BCUT2D eigenvalue weighted by atomic mass is 9.77. The molecular weight excluding hydrogens is 322 g/mol. The maximum absolute atomic E-state index is 12.3. The molecule has 3 rings (SSSR count). The van der Waals surface area contributed by atoms with Crippen molar-refractivity contribution in [3.63, 3.8) is 0 Å². The second-order valence-corrected chi connectivity index (χ2v) is 6.60. The Bertz CT molecular complexity index is 822. The van der Waals surface area contributed by atoms with Crippen LogP contribution < -0.4 is 15.6 Å². The summed E-state index contributed by atoms with van der Waals surface area (Å²) >= 11 is 0. The number of aromatic nitrogens is 2. The van der Waals surface area contributed by atoms with Crippen LogP contribution in [0.3, 0.4) is 0 Å². The number of carbonyl (C=O) groups is 1. The van der Waals surface area contributed by atoms with Gasteiger partial charge in [0.05, 0.1) is 18.3 Å². The van der Waals surface area contributed by atoms with Gasteiger partial charge in [-0.25, -0.2) is 4.68 Å². The summed E-state index contributed by atoms with van der Waals surface area (Å²) < 4.78 is 6.36. The van der Waals surface area contributed by atoms with Crippen molar-refractivity contribution in [1.29, 1.82) is 0 Å². The molecular formula is C18H21N3O4. The number of aliphatic hydroxyl groups is 1. The van der Waals surface area contributed by atoms with Crippen molar-refractivity contribution in [2.75, 3.05) is 7.11 Å². The average Bonchev–Trinajstić information content (AvgIpc) is 2.55. The van der Waals surface area contributed by atoms with Crippen LogP contribution in [-0.4, -0.2) is 39.5 Å². The Morgan fingerprint density at radius 2 is 2.08 bits per heavy atom. The Balaban J connectivity index is 1.76. The van der Waals surface area contributed by atoms with E-state index in [0.29, 0.717) is 18.4 Å². The minimum absolute atomic E-state index is 0.0660. The first-order valence-electron chi connectivity index (χ1n) is 8.11. The molecule has 1 aliphatic rings. The molecule has 0 radical (unpaired) electrons. The number of rotatable bonds is 5. The zero-order valence-electron chi connectivity index (χ0n) is 14.2. The van der Waals surface area contributed by atoms with Gasteiger partial charge in [0.1, 0.15) is 6.54 Å². The SMILES string of the molecule is COc1nn(CC(=O)N[C@H]2C[C@@](C)(O)C2)c(=O)cc1-c1ccccc1. The highest BCUT2D eigenvalue weighted by atomic mass is 16.5. The Labute approximate surface area is 145 Å². The van der Waals surface area contributed by atoms with E-state index in [9.17, 15) is 14.7 Å². The summed E-state index contributed by atoms with van der Waals surface area (Å²) in [5, 5.41) is 16.7. The first kappa shape index (κ1) is 17.2. The summed E-state index contributed by atoms with van der Waals surface area (Å²) in [5.74, 6) is -0.0326. The highest BCUT2D eigenvalue weighted by Crippen LogP contribution is 2.31. The molecule has 1 heterocycles. The molecule has 1 amide bonds. The van der Waals surface area contributed by atoms with Crippen LogP contribution in [0.15, 0.2) is 41.2 Å².